The van der Waals surface area contributed by atoms with Gasteiger partial charge in [-0.1, -0.05) is 35.0 Å². The Morgan fingerprint density at radius 3 is 2.67 bits per heavy atom. The van der Waals surface area contributed by atoms with Crippen molar-refractivity contribution in [3.8, 4) is 0 Å². The van der Waals surface area contributed by atoms with Crippen molar-refractivity contribution < 1.29 is 0 Å². The summed E-state index contributed by atoms with van der Waals surface area (Å²) < 4.78 is 0.977. The average Bonchev–Trinajstić information content (AvgIpc) is 2.28. The molecule has 0 radical (unpaired) electrons. The molecule has 1 aromatic carbocycles. The summed E-state index contributed by atoms with van der Waals surface area (Å²) in [5.74, 6) is 0. The Kier molecular flexibility index (Phi) is 3.81. The molecule has 2 N–H and O–H groups in total. The molecule has 94 valence electrons. The summed E-state index contributed by atoms with van der Waals surface area (Å²) in [5.41, 5.74) is 1.60. The first-order valence-electron chi connectivity index (χ1n) is 5.69. The third kappa shape index (κ3) is 2.79. The number of rotatable bonds is 3. The predicted molar refractivity (Wildman–Crippen MR) is 74.0 cm³/mol. The highest BCUT2D eigenvalue weighted by Gasteiger charge is 2.08. The highest BCUT2D eigenvalue weighted by Crippen LogP contribution is 2.15. The zero-order valence-corrected chi connectivity index (χ0v) is 11.5. The summed E-state index contributed by atoms with van der Waals surface area (Å²) in [7, 11) is 0. The van der Waals surface area contributed by atoms with Crippen molar-refractivity contribution in [2.75, 3.05) is 0 Å². The van der Waals surface area contributed by atoms with Crippen LogP contribution in [0.25, 0.3) is 0 Å². The van der Waals surface area contributed by atoms with Gasteiger partial charge in [-0.15, -0.1) is 0 Å². The van der Waals surface area contributed by atoms with Gasteiger partial charge in [-0.25, -0.2) is 4.79 Å². The van der Waals surface area contributed by atoms with Gasteiger partial charge in [-0.05, 0) is 24.1 Å². The molecule has 2 aromatic rings. The van der Waals surface area contributed by atoms with Gasteiger partial charge in [0.05, 0.1) is 0 Å². The Bertz CT molecular complexity index is 673. The number of benzene rings is 1. The second kappa shape index (κ2) is 5.35. The number of halogens is 1. The van der Waals surface area contributed by atoms with Crippen LogP contribution in [0.15, 0.2) is 38.3 Å². The number of aromatic amines is 2. The van der Waals surface area contributed by atoms with Crippen molar-refractivity contribution in [3.05, 3.63) is 66.4 Å². The molecule has 0 spiro atoms. The average molecular weight is 309 g/mol. The number of hydrogen-bond donors (Lipinski definition) is 2. The minimum absolute atomic E-state index is 0.300. The molecule has 1 aromatic heterocycles. The molecule has 0 unspecified atom stereocenters. The number of H-pyrrole nitrogens is 2. The first kappa shape index (κ1) is 12.8. The zero-order valence-electron chi connectivity index (χ0n) is 9.92. The SMILES string of the molecule is CCc1c(Cc2cccc(Br)c2)[nH]c(=O)[nH]c1=O. The Labute approximate surface area is 112 Å². The van der Waals surface area contributed by atoms with Crippen molar-refractivity contribution in [2.24, 2.45) is 0 Å². The van der Waals surface area contributed by atoms with E-state index in [1.807, 2.05) is 31.2 Å². The van der Waals surface area contributed by atoms with Crippen LogP contribution in [0.5, 0.6) is 0 Å². The Morgan fingerprint density at radius 1 is 1.22 bits per heavy atom. The van der Waals surface area contributed by atoms with Gasteiger partial charge in [-0.2, -0.15) is 0 Å². The predicted octanol–water partition coefficient (Wildman–Crippen LogP) is 1.98. The molecule has 0 atom stereocenters. The molecular weight excluding hydrogens is 296 g/mol. The highest BCUT2D eigenvalue weighted by atomic mass is 79.9. The van der Waals surface area contributed by atoms with E-state index in [0.29, 0.717) is 24.1 Å². The molecule has 0 aliphatic carbocycles. The lowest BCUT2D eigenvalue weighted by Gasteiger charge is -2.06. The Balaban J connectivity index is 2.46. The van der Waals surface area contributed by atoms with Crippen molar-refractivity contribution >= 4 is 15.9 Å². The summed E-state index contributed by atoms with van der Waals surface area (Å²) in [5, 5.41) is 0. The van der Waals surface area contributed by atoms with E-state index in [0.717, 1.165) is 10.0 Å². The van der Waals surface area contributed by atoms with Crippen LogP contribution in [-0.4, -0.2) is 9.97 Å². The van der Waals surface area contributed by atoms with Crippen LogP contribution in [0.2, 0.25) is 0 Å². The van der Waals surface area contributed by atoms with Crippen LogP contribution in [-0.2, 0) is 12.8 Å². The van der Waals surface area contributed by atoms with E-state index in [4.69, 9.17) is 0 Å². The second-order valence-corrected chi connectivity index (χ2v) is 4.94. The number of nitrogens with one attached hydrogen (secondary N) is 2. The molecule has 5 heteroatoms. The number of hydrogen-bond acceptors (Lipinski definition) is 2. The fourth-order valence-electron chi connectivity index (χ4n) is 1.94. The third-order valence-electron chi connectivity index (χ3n) is 2.75. The standard InChI is InChI=1S/C13H13BrN2O2/c1-2-10-11(15-13(18)16-12(10)17)7-8-4-3-5-9(14)6-8/h3-6H,2,7H2,1H3,(H2,15,16,17,18). The maximum Gasteiger partial charge on any atom is 0.325 e. The van der Waals surface area contributed by atoms with Crippen LogP contribution in [0.3, 0.4) is 0 Å². The molecular formula is C13H13BrN2O2. The minimum atomic E-state index is -0.456. The minimum Gasteiger partial charge on any atom is -0.311 e. The topological polar surface area (TPSA) is 65.7 Å². The monoisotopic (exact) mass is 308 g/mol. The highest BCUT2D eigenvalue weighted by molar-refractivity contribution is 9.10. The van der Waals surface area contributed by atoms with Crippen LogP contribution in [0.4, 0.5) is 0 Å². The van der Waals surface area contributed by atoms with E-state index in [1.165, 1.54) is 0 Å². The lowest BCUT2D eigenvalue weighted by atomic mass is 10.0. The van der Waals surface area contributed by atoms with Gasteiger partial charge >= 0.3 is 5.69 Å². The lowest BCUT2D eigenvalue weighted by Crippen LogP contribution is -2.27. The maximum absolute atomic E-state index is 11.7. The first-order chi connectivity index (χ1) is 8.60. The molecule has 2 rings (SSSR count). The molecule has 0 amide bonds. The molecule has 0 saturated heterocycles. The summed E-state index contributed by atoms with van der Waals surface area (Å²) in [6.07, 6.45) is 1.14. The van der Waals surface area contributed by atoms with Crippen molar-refractivity contribution in [2.45, 2.75) is 19.8 Å². The van der Waals surface area contributed by atoms with E-state index < -0.39 is 5.69 Å². The zero-order chi connectivity index (χ0) is 13.1. The molecule has 0 fully saturated rings. The van der Waals surface area contributed by atoms with Gasteiger partial charge in [-0.3, -0.25) is 9.78 Å². The van der Waals surface area contributed by atoms with Gasteiger partial charge in [0.25, 0.3) is 5.56 Å². The van der Waals surface area contributed by atoms with Crippen molar-refractivity contribution in [1.82, 2.24) is 9.97 Å². The van der Waals surface area contributed by atoms with E-state index in [1.54, 1.807) is 0 Å². The summed E-state index contributed by atoms with van der Waals surface area (Å²) in [4.78, 5) is 27.9. The fourth-order valence-corrected chi connectivity index (χ4v) is 2.38. The van der Waals surface area contributed by atoms with E-state index >= 15 is 0 Å². The van der Waals surface area contributed by atoms with Crippen LogP contribution < -0.4 is 11.2 Å². The summed E-state index contributed by atoms with van der Waals surface area (Å²) in [6.45, 7) is 1.90. The number of aromatic nitrogens is 2. The Morgan fingerprint density at radius 2 is 2.00 bits per heavy atom. The van der Waals surface area contributed by atoms with Gasteiger partial charge < -0.3 is 4.98 Å². The molecule has 0 aliphatic heterocycles. The maximum atomic E-state index is 11.7. The normalized spacial score (nSPS) is 10.6. The van der Waals surface area contributed by atoms with Crippen LogP contribution >= 0.6 is 15.9 Å². The second-order valence-electron chi connectivity index (χ2n) is 4.03. The van der Waals surface area contributed by atoms with Crippen molar-refractivity contribution in [3.63, 3.8) is 0 Å². The largest absolute Gasteiger partial charge is 0.325 e. The van der Waals surface area contributed by atoms with Gasteiger partial charge in [0.15, 0.2) is 0 Å². The molecule has 0 saturated carbocycles. The molecule has 0 aliphatic rings. The van der Waals surface area contributed by atoms with Gasteiger partial charge in [0, 0.05) is 22.2 Å². The molecule has 1 heterocycles. The molecule has 4 nitrogen and oxygen atoms in total. The van der Waals surface area contributed by atoms with E-state index in [2.05, 4.69) is 25.9 Å². The Hall–Kier alpha value is -1.62. The first-order valence-corrected chi connectivity index (χ1v) is 6.48. The quantitative estimate of drug-likeness (QED) is 0.910. The van der Waals surface area contributed by atoms with Gasteiger partial charge in [0.1, 0.15) is 0 Å². The van der Waals surface area contributed by atoms with Crippen LogP contribution in [0.1, 0.15) is 23.7 Å². The third-order valence-corrected chi connectivity index (χ3v) is 3.25. The van der Waals surface area contributed by atoms with E-state index in [-0.39, 0.29) is 5.56 Å². The summed E-state index contributed by atoms with van der Waals surface area (Å²) in [6, 6.07) is 7.80. The van der Waals surface area contributed by atoms with Gasteiger partial charge in [0.2, 0.25) is 0 Å². The molecule has 0 bridgehead atoms. The summed E-state index contributed by atoms with van der Waals surface area (Å²) >= 11 is 3.40. The fraction of sp³-hybridized carbons (Fsp3) is 0.231. The van der Waals surface area contributed by atoms with Crippen LogP contribution in [0, 0.1) is 0 Å². The lowest BCUT2D eigenvalue weighted by molar-refractivity contribution is 0.889. The van der Waals surface area contributed by atoms with Crippen molar-refractivity contribution in [1.29, 1.82) is 0 Å². The molecule has 18 heavy (non-hydrogen) atoms. The van der Waals surface area contributed by atoms with E-state index in [9.17, 15) is 9.59 Å². The smallest absolute Gasteiger partial charge is 0.311 e.